The number of carbonyl (C=O) groups excluding carboxylic acids is 2. The molecule has 2 aromatic carbocycles. The maximum atomic E-state index is 12.8. The highest BCUT2D eigenvalue weighted by Crippen LogP contribution is 2.39. The van der Waals surface area contributed by atoms with Crippen molar-refractivity contribution in [1.82, 2.24) is 0 Å². The molecular formula is C23H25NO3. The molecule has 0 amide bonds. The Morgan fingerprint density at radius 1 is 0.963 bits per heavy atom. The first-order chi connectivity index (χ1) is 13.1. The lowest BCUT2D eigenvalue weighted by Gasteiger charge is -2.38. The Morgan fingerprint density at radius 3 is 2.00 bits per heavy atom. The molecule has 2 aromatic rings. The quantitative estimate of drug-likeness (QED) is 0.590. The van der Waals surface area contributed by atoms with E-state index in [1.54, 1.807) is 6.92 Å². The van der Waals surface area contributed by atoms with Crippen molar-refractivity contribution < 1.29 is 14.3 Å². The van der Waals surface area contributed by atoms with Gasteiger partial charge >= 0.3 is 5.97 Å². The van der Waals surface area contributed by atoms with E-state index in [-0.39, 0.29) is 11.8 Å². The van der Waals surface area contributed by atoms with Gasteiger partial charge in [-0.2, -0.15) is 0 Å². The molecule has 0 bridgehead atoms. The van der Waals surface area contributed by atoms with Gasteiger partial charge in [-0.05, 0) is 19.8 Å². The number of carbonyl (C=O) groups is 2. The molecule has 0 heterocycles. The van der Waals surface area contributed by atoms with Crippen LogP contribution in [0.3, 0.4) is 0 Å². The second-order valence-electron chi connectivity index (χ2n) is 6.99. The molecule has 0 N–H and O–H groups in total. The second-order valence-corrected chi connectivity index (χ2v) is 6.99. The third kappa shape index (κ3) is 3.85. The third-order valence-corrected chi connectivity index (χ3v) is 5.38. The molecular weight excluding hydrogens is 338 g/mol. The summed E-state index contributed by atoms with van der Waals surface area (Å²) < 4.78 is 5.03. The second kappa shape index (κ2) is 8.30. The highest BCUT2D eigenvalue weighted by atomic mass is 16.5. The van der Waals surface area contributed by atoms with E-state index < -0.39 is 11.5 Å². The molecule has 0 spiro atoms. The van der Waals surface area contributed by atoms with Gasteiger partial charge in [0.2, 0.25) is 0 Å². The highest BCUT2D eigenvalue weighted by Gasteiger charge is 2.49. The number of nitrogens with zero attached hydrogens (tertiary/aromatic N) is 1. The van der Waals surface area contributed by atoms with Gasteiger partial charge in [-0.3, -0.25) is 14.6 Å². The first-order valence-electron chi connectivity index (χ1n) is 9.38. The van der Waals surface area contributed by atoms with Crippen molar-refractivity contribution in [3.63, 3.8) is 0 Å². The molecule has 0 aliphatic heterocycles. The van der Waals surface area contributed by atoms with Crippen molar-refractivity contribution in [3.8, 4) is 0 Å². The third-order valence-electron chi connectivity index (χ3n) is 5.38. The van der Waals surface area contributed by atoms with E-state index in [4.69, 9.17) is 9.73 Å². The Bertz CT molecular complexity index is 788. The fraction of sp³-hybridized carbons (Fsp3) is 0.348. The van der Waals surface area contributed by atoms with Crippen LogP contribution in [0.1, 0.15) is 43.7 Å². The van der Waals surface area contributed by atoms with Crippen LogP contribution in [-0.2, 0) is 14.3 Å². The molecule has 27 heavy (non-hydrogen) atoms. The van der Waals surface area contributed by atoms with Gasteiger partial charge in [0.25, 0.3) is 0 Å². The maximum absolute atomic E-state index is 12.8. The van der Waals surface area contributed by atoms with Crippen LogP contribution in [0.2, 0.25) is 0 Å². The Kier molecular flexibility index (Phi) is 5.84. The summed E-state index contributed by atoms with van der Waals surface area (Å²) in [6.07, 6.45) is 2.95. The first kappa shape index (κ1) is 19.0. The Hall–Kier alpha value is -2.75. The van der Waals surface area contributed by atoms with E-state index in [0.29, 0.717) is 12.8 Å². The molecule has 3 rings (SSSR count). The average molecular weight is 363 g/mol. The van der Waals surface area contributed by atoms with Gasteiger partial charge in [0.1, 0.15) is 5.54 Å². The Labute approximate surface area is 160 Å². The van der Waals surface area contributed by atoms with E-state index in [1.807, 2.05) is 60.7 Å². The molecule has 1 unspecified atom stereocenters. The minimum Gasteiger partial charge on any atom is -0.469 e. The van der Waals surface area contributed by atoms with Gasteiger partial charge in [-0.1, -0.05) is 73.5 Å². The number of ketones is 1. The first-order valence-corrected chi connectivity index (χ1v) is 9.38. The number of aliphatic imine (C=N–C) groups is 1. The zero-order valence-electron chi connectivity index (χ0n) is 15.9. The summed E-state index contributed by atoms with van der Waals surface area (Å²) >= 11 is 0. The number of rotatable bonds is 5. The molecule has 4 nitrogen and oxygen atoms in total. The van der Waals surface area contributed by atoms with Gasteiger partial charge in [0, 0.05) is 11.1 Å². The number of hydrogen-bond acceptors (Lipinski definition) is 4. The number of benzene rings is 2. The van der Waals surface area contributed by atoms with Gasteiger partial charge in [-0.15, -0.1) is 0 Å². The van der Waals surface area contributed by atoms with Gasteiger partial charge < -0.3 is 4.74 Å². The van der Waals surface area contributed by atoms with E-state index in [0.717, 1.165) is 29.7 Å². The van der Waals surface area contributed by atoms with Crippen LogP contribution in [0.5, 0.6) is 0 Å². The highest BCUT2D eigenvalue weighted by molar-refractivity contribution is 6.14. The van der Waals surface area contributed by atoms with Gasteiger partial charge in [0.05, 0.1) is 18.7 Å². The Balaban J connectivity index is 2.21. The van der Waals surface area contributed by atoms with Crippen LogP contribution in [-0.4, -0.2) is 30.1 Å². The lowest BCUT2D eigenvalue weighted by Crippen LogP contribution is -2.49. The number of methoxy groups -OCH3 is 1. The summed E-state index contributed by atoms with van der Waals surface area (Å²) in [5.41, 5.74) is 1.52. The van der Waals surface area contributed by atoms with Crippen molar-refractivity contribution in [3.05, 3.63) is 71.8 Å². The topological polar surface area (TPSA) is 55.7 Å². The zero-order valence-corrected chi connectivity index (χ0v) is 15.9. The van der Waals surface area contributed by atoms with Crippen molar-refractivity contribution in [2.45, 2.75) is 38.1 Å². The van der Waals surface area contributed by atoms with E-state index in [2.05, 4.69) is 0 Å². The van der Waals surface area contributed by atoms with E-state index in [1.165, 1.54) is 7.11 Å². The van der Waals surface area contributed by atoms with E-state index >= 15 is 0 Å². The molecule has 1 saturated carbocycles. The lowest BCUT2D eigenvalue weighted by atomic mass is 9.70. The predicted molar refractivity (Wildman–Crippen MR) is 106 cm³/mol. The summed E-state index contributed by atoms with van der Waals surface area (Å²) in [7, 11) is 1.38. The normalized spacial score (nSPS) is 21.9. The number of hydrogen-bond donors (Lipinski definition) is 0. The minimum atomic E-state index is -1.08. The summed E-state index contributed by atoms with van der Waals surface area (Å²) in [6.45, 7) is 1.54. The number of esters is 1. The van der Waals surface area contributed by atoms with E-state index in [9.17, 15) is 9.59 Å². The summed E-state index contributed by atoms with van der Waals surface area (Å²) in [6, 6.07) is 19.6. The minimum absolute atomic E-state index is 0.0815. The maximum Gasteiger partial charge on any atom is 0.311 e. The van der Waals surface area contributed by atoms with Crippen molar-refractivity contribution in [2.24, 2.45) is 10.9 Å². The van der Waals surface area contributed by atoms with Crippen LogP contribution in [0.25, 0.3) is 0 Å². The van der Waals surface area contributed by atoms with Gasteiger partial charge in [-0.25, -0.2) is 0 Å². The molecule has 0 aromatic heterocycles. The zero-order chi connectivity index (χ0) is 19.3. The molecule has 140 valence electrons. The fourth-order valence-corrected chi connectivity index (χ4v) is 3.93. The van der Waals surface area contributed by atoms with Gasteiger partial charge in [0.15, 0.2) is 5.78 Å². The molecule has 0 saturated heterocycles. The molecule has 4 heteroatoms. The molecule has 1 aliphatic rings. The SMILES string of the molecule is COC(=O)[C@@H]1CCCCC1(N=C(c1ccccc1)c1ccccc1)C(C)=O. The predicted octanol–water partition coefficient (Wildman–Crippen LogP) is 4.22. The van der Waals surface area contributed by atoms with Crippen molar-refractivity contribution in [2.75, 3.05) is 7.11 Å². The van der Waals surface area contributed by atoms with Crippen LogP contribution < -0.4 is 0 Å². The molecule has 0 radical (unpaired) electrons. The monoisotopic (exact) mass is 363 g/mol. The Morgan fingerprint density at radius 2 is 1.52 bits per heavy atom. The fourth-order valence-electron chi connectivity index (χ4n) is 3.93. The number of Topliss-reactive ketones (excluding diaryl/α,β-unsaturated/α-hetero) is 1. The van der Waals surface area contributed by atoms with Crippen LogP contribution >= 0.6 is 0 Å². The summed E-state index contributed by atoms with van der Waals surface area (Å²) in [5.74, 6) is -0.979. The molecule has 1 aliphatic carbocycles. The largest absolute Gasteiger partial charge is 0.469 e. The molecule has 1 fully saturated rings. The average Bonchev–Trinajstić information content (AvgIpc) is 2.72. The molecule has 2 atom stereocenters. The van der Waals surface area contributed by atoms with Crippen LogP contribution in [0.15, 0.2) is 65.7 Å². The number of ether oxygens (including phenoxy) is 1. The van der Waals surface area contributed by atoms with Crippen LogP contribution in [0.4, 0.5) is 0 Å². The lowest BCUT2D eigenvalue weighted by molar-refractivity contribution is -0.152. The summed E-state index contributed by atoms with van der Waals surface area (Å²) in [5, 5.41) is 0. The van der Waals surface area contributed by atoms with Crippen LogP contribution in [0, 0.1) is 5.92 Å². The smallest absolute Gasteiger partial charge is 0.311 e. The van der Waals surface area contributed by atoms with Crippen molar-refractivity contribution >= 4 is 17.5 Å². The summed E-state index contributed by atoms with van der Waals surface area (Å²) in [4.78, 5) is 30.4. The standard InChI is InChI=1S/C23H25NO3/c1-17(25)23(16-10-9-15-20(23)22(26)27-2)24-21(18-11-5-3-6-12-18)19-13-7-4-8-14-19/h3-8,11-14,20H,9-10,15-16H2,1-2H3/t20-,23?/m0/s1. The van der Waals surface area contributed by atoms with Crippen molar-refractivity contribution in [1.29, 1.82) is 0 Å².